The Morgan fingerprint density at radius 1 is 1.56 bits per heavy atom. The van der Waals surface area contributed by atoms with Crippen molar-refractivity contribution in [2.24, 2.45) is 0 Å². The van der Waals surface area contributed by atoms with Gasteiger partial charge in [-0.1, -0.05) is 17.7 Å². The number of hydrogen-bond acceptors (Lipinski definition) is 3. The number of amides is 1. The van der Waals surface area contributed by atoms with Gasteiger partial charge in [-0.2, -0.15) is 0 Å². The molecule has 6 heteroatoms. The van der Waals surface area contributed by atoms with E-state index in [1.165, 1.54) is 0 Å². The molecule has 1 unspecified atom stereocenters. The number of rotatable bonds is 2. The molecule has 1 heterocycles. The van der Waals surface area contributed by atoms with Crippen LogP contribution in [0.4, 0.5) is 5.69 Å². The highest BCUT2D eigenvalue weighted by Crippen LogP contribution is 2.22. The number of hydrogen-bond donors (Lipinski definition) is 2. The molecule has 1 aliphatic heterocycles. The Morgan fingerprint density at radius 2 is 2.33 bits per heavy atom. The van der Waals surface area contributed by atoms with Gasteiger partial charge < -0.3 is 15.4 Å². The van der Waals surface area contributed by atoms with Crippen molar-refractivity contribution >= 4 is 35.6 Å². The molecule has 0 bridgehead atoms. The minimum Gasteiger partial charge on any atom is -0.366 e. The zero-order valence-corrected chi connectivity index (χ0v) is 11.6. The second-order valence-electron chi connectivity index (χ2n) is 4.04. The Balaban J connectivity index is 0.00000162. The van der Waals surface area contributed by atoms with E-state index in [9.17, 15) is 4.79 Å². The van der Waals surface area contributed by atoms with E-state index >= 15 is 0 Å². The van der Waals surface area contributed by atoms with Crippen molar-refractivity contribution in [2.75, 3.05) is 25.0 Å². The van der Waals surface area contributed by atoms with E-state index in [2.05, 4.69) is 10.6 Å². The molecule has 100 valence electrons. The van der Waals surface area contributed by atoms with Gasteiger partial charge in [0.2, 0.25) is 0 Å². The van der Waals surface area contributed by atoms with Crippen LogP contribution in [0.2, 0.25) is 5.02 Å². The molecule has 1 aliphatic rings. The third kappa shape index (κ3) is 3.85. The van der Waals surface area contributed by atoms with Gasteiger partial charge in [-0.05, 0) is 24.6 Å². The zero-order valence-electron chi connectivity index (χ0n) is 10.0. The van der Waals surface area contributed by atoms with Crippen LogP contribution in [0.3, 0.4) is 0 Å². The van der Waals surface area contributed by atoms with Gasteiger partial charge in [0.25, 0.3) is 5.91 Å². The minimum absolute atomic E-state index is 0. The van der Waals surface area contributed by atoms with Gasteiger partial charge in [-0.25, -0.2) is 0 Å². The molecule has 0 aliphatic carbocycles. The maximum atomic E-state index is 11.9. The summed E-state index contributed by atoms with van der Waals surface area (Å²) in [5.41, 5.74) is 1.68. The summed E-state index contributed by atoms with van der Waals surface area (Å²) in [5, 5.41) is 6.42. The van der Waals surface area contributed by atoms with Crippen LogP contribution < -0.4 is 10.6 Å². The number of benzene rings is 1. The minimum atomic E-state index is -0.443. The Bertz CT molecular complexity index is 421. The van der Waals surface area contributed by atoms with Crippen LogP contribution in [0.15, 0.2) is 18.2 Å². The van der Waals surface area contributed by atoms with Crippen LogP contribution in [0.1, 0.15) is 5.56 Å². The molecule has 4 nitrogen and oxygen atoms in total. The number of nitrogens with one attached hydrogen (secondary N) is 2. The fourth-order valence-corrected chi connectivity index (χ4v) is 1.95. The van der Waals surface area contributed by atoms with Crippen molar-refractivity contribution in [3.8, 4) is 0 Å². The van der Waals surface area contributed by atoms with Gasteiger partial charge in [0, 0.05) is 13.1 Å². The van der Waals surface area contributed by atoms with E-state index in [1.807, 2.05) is 19.1 Å². The molecule has 0 aromatic heterocycles. The summed E-state index contributed by atoms with van der Waals surface area (Å²) in [6, 6.07) is 5.52. The first-order valence-corrected chi connectivity index (χ1v) is 5.94. The molecule has 0 spiro atoms. The number of carbonyl (C=O) groups excluding carboxylic acids is 1. The molecule has 0 saturated carbocycles. The Kier molecular flexibility index (Phi) is 5.88. The molecule has 1 amide bonds. The van der Waals surface area contributed by atoms with Crippen LogP contribution >= 0.6 is 24.0 Å². The van der Waals surface area contributed by atoms with Crippen molar-refractivity contribution in [1.82, 2.24) is 5.32 Å². The molecular weight excluding hydrogens is 275 g/mol. The summed E-state index contributed by atoms with van der Waals surface area (Å²) in [4.78, 5) is 11.9. The standard InChI is InChI=1S/C12H15ClN2O2.ClH/c1-8-2-3-10(9(13)6-8)15-12(16)11-7-14-4-5-17-11;/h2-3,6,11,14H,4-5,7H2,1H3,(H,15,16);1H. The molecule has 18 heavy (non-hydrogen) atoms. The Labute approximate surface area is 117 Å². The molecule has 2 N–H and O–H groups in total. The van der Waals surface area contributed by atoms with Crippen LogP contribution in [0.5, 0.6) is 0 Å². The van der Waals surface area contributed by atoms with Crippen molar-refractivity contribution < 1.29 is 9.53 Å². The van der Waals surface area contributed by atoms with E-state index in [-0.39, 0.29) is 18.3 Å². The van der Waals surface area contributed by atoms with Crippen LogP contribution in [0, 0.1) is 6.92 Å². The molecule has 0 radical (unpaired) electrons. The maximum Gasteiger partial charge on any atom is 0.254 e. The molecule has 1 aromatic carbocycles. The van der Waals surface area contributed by atoms with Gasteiger partial charge >= 0.3 is 0 Å². The molecule has 1 fully saturated rings. The first-order chi connectivity index (χ1) is 8.16. The third-order valence-electron chi connectivity index (χ3n) is 2.60. The second kappa shape index (κ2) is 6.95. The van der Waals surface area contributed by atoms with Crippen LogP contribution in [-0.4, -0.2) is 31.7 Å². The summed E-state index contributed by atoms with van der Waals surface area (Å²) >= 11 is 6.04. The largest absolute Gasteiger partial charge is 0.366 e. The van der Waals surface area contributed by atoms with Gasteiger partial charge in [0.1, 0.15) is 6.10 Å². The summed E-state index contributed by atoms with van der Waals surface area (Å²) in [5.74, 6) is -0.164. The number of aryl methyl sites for hydroxylation is 1. The highest BCUT2D eigenvalue weighted by molar-refractivity contribution is 6.33. The van der Waals surface area contributed by atoms with Crippen LogP contribution in [0.25, 0.3) is 0 Å². The summed E-state index contributed by atoms with van der Waals surface area (Å²) in [6.45, 7) is 3.83. The first-order valence-electron chi connectivity index (χ1n) is 5.56. The van der Waals surface area contributed by atoms with Crippen molar-refractivity contribution in [2.45, 2.75) is 13.0 Å². The summed E-state index contributed by atoms with van der Waals surface area (Å²) in [6.07, 6.45) is -0.443. The maximum absolute atomic E-state index is 11.9. The summed E-state index contributed by atoms with van der Waals surface area (Å²) in [7, 11) is 0. The van der Waals surface area contributed by atoms with E-state index in [0.717, 1.165) is 12.1 Å². The lowest BCUT2D eigenvalue weighted by molar-refractivity contribution is -0.128. The third-order valence-corrected chi connectivity index (χ3v) is 2.92. The van der Waals surface area contributed by atoms with Gasteiger partial charge in [-0.15, -0.1) is 12.4 Å². The predicted molar refractivity (Wildman–Crippen MR) is 74.7 cm³/mol. The lowest BCUT2D eigenvalue weighted by Crippen LogP contribution is -2.45. The normalized spacial score (nSPS) is 18.9. The lowest BCUT2D eigenvalue weighted by Gasteiger charge is -2.22. The SMILES string of the molecule is Cc1ccc(NC(=O)C2CNCCO2)c(Cl)c1.Cl. The van der Waals surface area contributed by atoms with Gasteiger partial charge in [-0.3, -0.25) is 4.79 Å². The number of carbonyl (C=O) groups is 1. The lowest BCUT2D eigenvalue weighted by atomic mass is 10.2. The highest BCUT2D eigenvalue weighted by atomic mass is 35.5. The van der Waals surface area contributed by atoms with Crippen LogP contribution in [-0.2, 0) is 9.53 Å². The number of ether oxygens (including phenoxy) is 1. The summed E-state index contributed by atoms with van der Waals surface area (Å²) < 4.78 is 5.36. The van der Waals surface area contributed by atoms with E-state index < -0.39 is 6.10 Å². The average Bonchev–Trinajstić information content (AvgIpc) is 2.34. The molecule has 2 rings (SSSR count). The topological polar surface area (TPSA) is 50.4 Å². The highest BCUT2D eigenvalue weighted by Gasteiger charge is 2.22. The Morgan fingerprint density at radius 3 is 2.94 bits per heavy atom. The smallest absolute Gasteiger partial charge is 0.254 e. The Hall–Kier alpha value is -0.810. The monoisotopic (exact) mass is 290 g/mol. The quantitative estimate of drug-likeness (QED) is 0.876. The average molecular weight is 291 g/mol. The molecule has 1 saturated heterocycles. The van der Waals surface area contributed by atoms with Crippen molar-refractivity contribution in [3.63, 3.8) is 0 Å². The fourth-order valence-electron chi connectivity index (χ4n) is 1.67. The zero-order chi connectivity index (χ0) is 12.3. The van der Waals surface area contributed by atoms with Crippen molar-refractivity contribution in [1.29, 1.82) is 0 Å². The number of morpholine rings is 1. The number of anilines is 1. The van der Waals surface area contributed by atoms with E-state index in [1.54, 1.807) is 6.07 Å². The number of halogens is 2. The van der Waals surface area contributed by atoms with E-state index in [0.29, 0.717) is 23.9 Å². The molecular formula is C12H16Cl2N2O2. The van der Waals surface area contributed by atoms with Gasteiger partial charge in [0.15, 0.2) is 0 Å². The van der Waals surface area contributed by atoms with E-state index in [4.69, 9.17) is 16.3 Å². The van der Waals surface area contributed by atoms with Gasteiger partial charge in [0.05, 0.1) is 17.3 Å². The molecule has 1 atom stereocenters. The first kappa shape index (κ1) is 15.2. The predicted octanol–water partition coefficient (Wildman–Crippen LogP) is 2.00. The van der Waals surface area contributed by atoms with Crippen molar-refractivity contribution in [3.05, 3.63) is 28.8 Å². The second-order valence-corrected chi connectivity index (χ2v) is 4.44. The molecule has 1 aromatic rings. The fraction of sp³-hybridized carbons (Fsp3) is 0.417.